The van der Waals surface area contributed by atoms with Gasteiger partial charge in [0.1, 0.15) is 11.4 Å². The smallest absolute Gasteiger partial charge is 0.338 e. The lowest BCUT2D eigenvalue weighted by Gasteiger charge is -2.31. The third kappa shape index (κ3) is 5.02. The van der Waals surface area contributed by atoms with Crippen LogP contribution in [0.3, 0.4) is 0 Å². The monoisotopic (exact) mass is 395 g/mol. The Hall–Kier alpha value is -3.15. The van der Waals surface area contributed by atoms with E-state index in [2.05, 4.69) is 5.32 Å². The van der Waals surface area contributed by atoms with Crippen molar-refractivity contribution in [3.05, 3.63) is 59.2 Å². The van der Waals surface area contributed by atoms with Gasteiger partial charge in [-0.3, -0.25) is 9.59 Å². The number of rotatable bonds is 6. The summed E-state index contributed by atoms with van der Waals surface area (Å²) in [6, 6.07) is 11.3. The quantitative estimate of drug-likeness (QED) is 0.569. The summed E-state index contributed by atoms with van der Waals surface area (Å²) in [5, 5.41) is 2.77. The number of hydrogen-bond donors (Lipinski definition) is 1. The molecule has 0 aliphatic carbocycles. The molecule has 1 aliphatic rings. The van der Waals surface area contributed by atoms with E-state index in [9.17, 15) is 14.4 Å². The highest BCUT2D eigenvalue weighted by Gasteiger charge is 2.32. The molecule has 0 atom stereocenters. The average Bonchev–Trinajstić information content (AvgIpc) is 2.67. The number of esters is 1. The first-order chi connectivity index (χ1) is 13.8. The van der Waals surface area contributed by atoms with Crippen LogP contribution in [0.2, 0.25) is 0 Å². The van der Waals surface area contributed by atoms with Crippen molar-refractivity contribution in [3.63, 3.8) is 0 Å². The molecule has 1 heterocycles. The summed E-state index contributed by atoms with van der Waals surface area (Å²) < 4.78 is 11.0. The number of anilines is 1. The van der Waals surface area contributed by atoms with Gasteiger partial charge in [0.05, 0.1) is 24.2 Å². The van der Waals surface area contributed by atoms with Crippen LogP contribution < -0.4 is 10.1 Å². The van der Waals surface area contributed by atoms with Crippen LogP contribution in [0, 0.1) is 0 Å². The molecule has 0 unspecified atom stereocenters. The number of ketones is 1. The van der Waals surface area contributed by atoms with Crippen LogP contribution in [-0.2, 0) is 4.74 Å². The molecule has 3 rings (SSSR count). The van der Waals surface area contributed by atoms with Crippen molar-refractivity contribution in [3.8, 4) is 5.75 Å². The molecule has 0 saturated heterocycles. The molecular formula is C23H25NO5. The minimum absolute atomic E-state index is 0.0446. The summed E-state index contributed by atoms with van der Waals surface area (Å²) >= 11 is 0. The first-order valence-corrected chi connectivity index (χ1v) is 9.74. The van der Waals surface area contributed by atoms with Crippen LogP contribution in [0.25, 0.3) is 0 Å². The van der Waals surface area contributed by atoms with E-state index in [-0.39, 0.29) is 24.1 Å². The second kappa shape index (κ2) is 8.47. The lowest BCUT2D eigenvalue weighted by Crippen LogP contribution is -2.36. The Morgan fingerprint density at radius 2 is 1.79 bits per heavy atom. The molecule has 0 bridgehead atoms. The van der Waals surface area contributed by atoms with Crippen LogP contribution >= 0.6 is 0 Å². The van der Waals surface area contributed by atoms with Gasteiger partial charge in [-0.2, -0.15) is 0 Å². The fourth-order valence-electron chi connectivity index (χ4n) is 3.08. The number of carbonyl (C=O) groups is 3. The van der Waals surface area contributed by atoms with Crippen LogP contribution in [0.1, 0.15) is 71.1 Å². The standard InChI is InChI=1S/C23H25NO5/c1-4-5-12-28-22(27)15-6-9-17(10-7-15)24-21(26)16-8-11-20-18(13-16)19(25)14-23(2,3)29-20/h6-11,13H,4-5,12,14H2,1-3H3,(H,24,26). The van der Waals surface area contributed by atoms with E-state index in [0.29, 0.717) is 34.7 Å². The molecule has 0 saturated carbocycles. The average molecular weight is 395 g/mol. The molecule has 6 nitrogen and oxygen atoms in total. The number of nitrogens with one attached hydrogen (secondary N) is 1. The van der Waals surface area contributed by atoms with Gasteiger partial charge in [0.25, 0.3) is 5.91 Å². The van der Waals surface area contributed by atoms with Crippen molar-refractivity contribution < 1.29 is 23.9 Å². The van der Waals surface area contributed by atoms with Crippen molar-refractivity contribution in [2.24, 2.45) is 0 Å². The highest BCUT2D eigenvalue weighted by atomic mass is 16.5. The van der Waals surface area contributed by atoms with Crippen molar-refractivity contribution in [2.75, 3.05) is 11.9 Å². The van der Waals surface area contributed by atoms with E-state index in [1.165, 1.54) is 0 Å². The second-order valence-corrected chi connectivity index (χ2v) is 7.69. The zero-order valence-corrected chi connectivity index (χ0v) is 16.9. The Bertz CT molecular complexity index is 931. The third-order valence-corrected chi connectivity index (χ3v) is 4.62. The summed E-state index contributed by atoms with van der Waals surface area (Å²) in [4.78, 5) is 36.9. The zero-order chi connectivity index (χ0) is 21.0. The fourth-order valence-corrected chi connectivity index (χ4v) is 3.08. The summed E-state index contributed by atoms with van der Waals surface area (Å²) in [7, 11) is 0. The van der Waals surface area contributed by atoms with Crippen molar-refractivity contribution >= 4 is 23.3 Å². The van der Waals surface area contributed by atoms with Crippen LogP contribution in [-0.4, -0.2) is 29.9 Å². The number of hydrogen-bond acceptors (Lipinski definition) is 5. The number of Topliss-reactive ketones (excluding diaryl/α,β-unsaturated/α-hetero) is 1. The third-order valence-electron chi connectivity index (χ3n) is 4.62. The Morgan fingerprint density at radius 3 is 2.48 bits per heavy atom. The Kier molecular flexibility index (Phi) is 6.01. The van der Waals surface area contributed by atoms with Gasteiger partial charge in [-0.05, 0) is 62.7 Å². The van der Waals surface area contributed by atoms with Crippen molar-refractivity contribution in [1.82, 2.24) is 0 Å². The van der Waals surface area contributed by atoms with Crippen LogP contribution in [0.4, 0.5) is 5.69 Å². The minimum atomic E-state index is -0.548. The molecule has 1 amide bonds. The second-order valence-electron chi connectivity index (χ2n) is 7.69. The highest BCUT2D eigenvalue weighted by Crippen LogP contribution is 2.33. The van der Waals surface area contributed by atoms with Gasteiger partial charge in [0, 0.05) is 11.3 Å². The molecule has 1 N–H and O–H groups in total. The van der Waals surface area contributed by atoms with Gasteiger partial charge >= 0.3 is 5.97 Å². The number of fused-ring (bicyclic) bond motifs is 1. The maximum absolute atomic E-state index is 12.6. The Balaban J connectivity index is 1.67. The molecule has 0 radical (unpaired) electrons. The molecule has 0 aromatic heterocycles. The summed E-state index contributed by atoms with van der Waals surface area (Å²) in [6.07, 6.45) is 2.04. The summed E-state index contributed by atoms with van der Waals surface area (Å²) in [6.45, 7) is 6.14. The predicted octanol–water partition coefficient (Wildman–Crippen LogP) is 4.64. The first-order valence-electron chi connectivity index (χ1n) is 9.74. The van der Waals surface area contributed by atoms with Gasteiger partial charge < -0.3 is 14.8 Å². The van der Waals surface area contributed by atoms with Crippen molar-refractivity contribution in [2.45, 2.75) is 45.6 Å². The molecule has 6 heteroatoms. The van der Waals surface area contributed by atoms with Crippen LogP contribution in [0.15, 0.2) is 42.5 Å². The summed E-state index contributed by atoms with van der Waals surface area (Å²) in [5.41, 5.74) is 1.21. The molecule has 152 valence electrons. The largest absolute Gasteiger partial charge is 0.487 e. The van der Waals surface area contributed by atoms with E-state index >= 15 is 0 Å². The molecular weight excluding hydrogens is 370 g/mol. The maximum Gasteiger partial charge on any atom is 0.338 e. The SMILES string of the molecule is CCCCOC(=O)c1ccc(NC(=O)c2ccc3c(c2)C(=O)CC(C)(C)O3)cc1. The molecule has 1 aliphatic heterocycles. The van der Waals surface area contributed by atoms with E-state index in [1.807, 2.05) is 20.8 Å². The zero-order valence-electron chi connectivity index (χ0n) is 16.9. The minimum Gasteiger partial charge on any atom is -0.487 e. The molecule has 2 aromatic carbocycles. The number of amides is 1. The normalized spacial score (nSPS) is 14.5. The van der Waals surface area contributed by atoms with Gasteiger partial charge in [-0.1, -0.05) is 13.3 Å². The van der Waals surface area contributed by atoms with Crippen LogP contribution in [0.5, 0.6) is 5.75 Å². The lowest BCUT2D eigenvalue weighted by molar-refractivity contribution is 0.0498. The first kappa shape index (κ1) is 20.6. The molecule has 0 spiro atoms. The predicted molar refractivity (Wildman–Crippen MR) is 110 cm³/mol. The Morgan fingerprint density at radius 1 is 1.10 bits per heavy atom. The molecule has 2 aromatic rings. The molecule has 0 fully saturated rings. The van der Waals surface area contributed by atoms with Gasteiger partial charge in [-0.15, -0.1) is 0 Å². The number of ether oxygens (including phenoxy) is 2. The van der Waals surface area contributed by atoms with Gasteiger partial charge in [0.15, 0.2) is 5.78 Å². The van der Waals surface area contributed by atoms with Gasteiger partial charge in [-0.25, -0.2) is 4.79 Å². The van der Waals surface area contributed by atoms with Crippen molar-refractivity contribution in [1.29, 1.82) is 0 Å². The Labute approximate surface area is 170 Å². The number of carbonyl (C=O) groups excluding carboxylic acids is 3. The summed E-state index contributed by atoms with van der Waals surface area (Å²) in [5.74, 6) is -0.276. The lowest BCUT2D eigenvalue weighted by atomic mass is 9.92. The maximum atomic E-state index is 12.6. The highest BCUT2D eigenvalue weighted by molar-refractivity contribution is 6.08. The van der Waals surface area contributed by atoms with E-state index < -0.39 is 5.60 Å². The fraction of sp³-hybridized carbons (Fsp3) is 0.348. The van der Waals surface area contributed by atoms with E-state index in [4.69, 9.17) is 9.47 Å². The number of unbranched alkanes of at least 4 members (excludes halogenated alkanes) is 1. The van der Waals surface area contributed by atoms with E-state index in [0.717, 1.165) is 12.8 Å². The van der Waals surface area contributed by atoms with E-state index in [1.54, 1.807) is 42.5 Å². The topological polar surface area (TPSA) is 81.7 Å². The molecule has 29 heavy (non-hydrogen) atoms. The number of benzene rings is 2. The van der Waals surface area contributed by atoms with Gasteiger partial charge in [0.2, 0.25) is 0 Å².